The van der Waals surface area contributed by atoms with Crippen LogP contribution in [-0.2, 0) is 4.79 Å². The molecule has 0 heterocycles. The van der Waals surface area contributed by atoms with E-state index in [1.54, 1.807) is 24.3 Å². The van der Waals surface area contributed by atoms with E-state index < -0.39 is 0 Å². The first kappa shape index (κ1) is 13.8. The van der Waals surface area contributed by atoms with Crippen LogP contribution in [0.15, 0.2) is 36.4 Å². The normalized spacial score (nSPS) is 10.5. The summed E-state index contributed by atoms with van der Waals surface area (Å²) in [7, 11) is 0. The lowest BCUT2D eigenvalue weighted by atomic mass is 10.2. The van der Waals surface area contributed by atoms with E-state index in [1.807, 2.05) is 6.92 Å². The Kier molecular flexibility index (Phi) is 5.26. The van der Waals surface area contributed by atoms with Crippen molar-refractivity contribution >= 4 is 35.2 Å². The molecule has 0 radical (unpaired) electrons. The highest BCUT2D eigenvalue weighted by Crippen LogP contribution is 2.22. The molecule has 0 saturated heterocycles. The van der Waals surface area contributed by atoms with E-state index in [0.29, 0.717) is 16.6 Å². The molecule has 90 valence electrons. The zero-order valence-corrected chi connectivity index (χ0v) is 11.0. The average molecular weight is 270 g/mol. The van der Waals surface area contributed by atoms with E-state index in [4.69, 9.17) is 23.2 Å². The van der Waals surface area contributed by atoms with E-state index in [-0.39, 0.29) is 5.91 Å². The molecule has 1 amide bonds. The highest BCUT2D eigenvalue weighted by Gasteiger charge is 1.98. The molecule has 0 saturated carbocycles. The molecule has 1 N–H and O–H groups in total. The zero-order valence-electron chi connectivity index (χ0n) is 9.47. The molecule has 0 aliphatic heterocycles. The maximum atomic E-state index is 11.4. The predicted octanol–water partition coefficient (Wildman–Crippen LogP) is 3.70. The molecule has 1 aromatic rings. The van der Waals surface area contributed by atoms with Crippen molar-refractivity contribution in [3.05, 3.63) is 52.0 Å². The van der Waals surface area contributed by atoms with E-state index in [0.717, 1.165) is 11.1 Å². The topological polar surface area (TPSA) is 29.1 Å². The summed E-state index contributed by atoms with van der Waals surface area (Å²) in [5.41, 5.74) is 1.73. The van der Waals surface area contributed by atoms with Gasteiger partial charge in [0.25, 0.3) is 0 Å². The second kappa shape index (κ2) is 6.48. The van der Waals surface area contributed by atoms with Gasteiger partial charge in [-0.2, -0.15) is 0 Å². The number of rotatable bonds is 4. The Hall–Kier alpha value is -1.25. The summed E-state index contributed by atoms with van der Waals surface area (Å²) in [4.78, 5) is 11.4. The van der Waals surface area contributed by atoms with Crippen LogP contribution in [0, 0.1) is 0 Å². The van der Waals surface area contributed by atoms with Gasteiger partial charge in [0, 0.05) is 12.6 Å². The molecule has 4 heteroatoms. The summed E-state index contributed by atoms with van der Waals surface area (Å²) in [6.07, 6.45) is 3.12. The maximum Gasteiger partial charge on any atom is 0.244 e. The Morgan fingerprint density at radius 2 is 2.12 bits per heavy atom. The Bertz CT molecular complexity index is 466. The molecule has 0 atom stereocenters. The van der Waals surface area contributed by atoms with Crippen molar-refractivity contribution in [2.24, 2.45) is 0 Å². The van der Waals surface area contributed by atoms with Gasteiger partial charge in [-0.25, -0.2) is 0 Å². The zero-order chi connectivity index (χ0) is 12.8. The molecule has 0 aliphatic carbocycles. The SMILES string of the molecule is C=C(C)CNC(=O)/C=C/c1ccc(Cl)c(Cl)c1. The van der Waals surface area contributed by atoms with Crippen LogP contribution in [0.3, 0.4) is 0 Å². The van der Waals surface area contributed by atoms with Gasteiger partial charge >= 0.3 is 0 Å². The smallest absolute Gasteiger partial charge is 0.244 e. The first-order chi connectivity index (χ1) is 7.99. The van der Waals surface area contributed by atoms with E-state index >= 15 is 0 Å². The molecule has 1 aromatic carbocycles. The van der Waals surface area contributed by atoms with Gasteiger partial charge in [0.15, 0.2) is 0 Å². The number of carbonyl (C=O) groups is 1. The average Bonchev–Trinajstić information content (AvgIpc) is 2.28. The van der Waals surface area contributed by atoms with Crippen LogP contribution < -0.4 is 5.32 Å². The number of hydrogen-bond donors (Lipinski definition) is 1. The molecule has 17 heavy (non-hydrogen) atoms. The van der Waals surface area contributed by atoms with Crippen molar-refractivity contribution in [2.45, 2.75) is 6.92 Å². The van der Waals surface area contributed by atoms with Gasteiger partial charge in [0.2, 0.25) is 5.91 Å². The summed E-state index contributed by atoms with van der Waals surface area (Å²) in [5.74, 6) is -0.168. The largest absolute Gasteiger partial charge is 0.349 e. The van der Waals surface area contributed by atoms with Crippen molar-refractivity contribution in [1.82, 2.24) is 5.32 Å². The summed E-state index contributed by atoms with van der Waals surface area (Å²) >= 11 is 11.6. The van der Waals surface area contributed by atoms with Crippen LogP contribution in [0.25, 0.3) is 6.08 Å². The molecule has 0 unspecified atom stereocenters. The van der Waals surface area contributed by atoms with E-state index in [2.05, 4.69) is 11.9 Å². The predicted molar refractivity (Wildman–Crippen MR) is 73.3 cm³/mol. The maximum absolute atomic E-state index is 11.4. The molecule has 0 aromatic heterocycles. The fraction of sp³-hybridized carbons (Fsp3) is 0.154. The van der Waals surface area contributed by atoms with Crippen LogP contribution >= 0.6 is 23.2 Å². The second-order valence-corrected chi connectivity index (χ2v) is 4.50. The third-order valence-corrected chi connectivity index (χ3v) is 2.67. The van der Waals surface area contributed by atoms with E-state index in [1.165, 1.54) is 6.08 Å². The molecule has 0 spiro atoms. The minimum absolute atomic E-state index is 0.168. The van der Waals surface area contributed by atoms with Crippen molar-refractivity contribution in [2.75, 3.05) is 6.54 Å². The van der Waals surface area contributed by atoms with Crippen LogP contribution in [0.5, 0.6) is 0 Å². The van der Waals surface area contributed by atoms with Gasteiger partial charge in [-0.15, -0.1) is 0 Å². The van der Waals surface area contributed by atoms with Crippen molar-refractivity contribution < 1.29 is 4.79 Å². The monoisotopic (exact) mass is 269 g/mol. The molecule has 2 nitrogen and oxygen atoms in total. The first-order valence-electron chi connectivity index (χ1n) is 5.04. The standard InChI is InChI=1S/C13H13Cl2NO/c1-9(2)8-16-13(17)6-4-10-3-5-11(14)12(15)7-10/h3-7H,1,8H2,2H3,(H,16,17)/b6-4+. The van der Waals surface area contributed by atoms with Crippen molar-refractivity contribution in [3.63, 3.8) is 0 Å². The highest BCUT2D eigenvalue weighted by atomic mass is 35.5. The second-order valence-electron chi connectivity index (χ2n) is 3.68. The number of benzene rings is 1. The number of carbonyl (C=O) groups excluding carboxylic acids is 1. The number of halogens is 2. The lowest BCUT2D eigenvalue weighted by Crippen LogP contribution is -2.22. The number of nitrogens with one attached hydrogen (secondary N) is 1. The third kappa shape index (κ3) is 5.07. The first-order valence-corrected chi connectivity index (χ1v) is 5.80. The molecular weight excluding hydrogens is 257 g/mol. The van der Waals surface area contributed by atoms with Gasteiger partial charge < -0.3 is 5.32 Å². The highest BCUT2D eigenvalue weighted by molar-refractivity contribution is 6.42. The van der Waals surface area contributed by atoms with Gasteiger partial charge in [-0.3, -0.25) is 4.79 Å². The third-order valence-electron chi connectivity index (χ3n) is 1.94. The molecule has 0 fully saturated rings. The molecule has 1 rings (SSSR count). The Morgan fingerprint density at radius 3 is 2.71 bits per heavy atom. The Morgan fingerprint density at radius 1 is 1.41 bits per heavy atom. The summed E-state index contributed by atoms with van der Waals surface area (Å²) in [5, 5.41) is 3.66. The van der Waals surface area contributed by atoms with Crippen molar-refractivity contribution in [1.29, 1.82) is 0 Å². The van der Waals surface area contributed by atoms with Crippen molar-refractivity contribution in [3.8, 4) is 0 Å². The van der Waals surface area contributed by atoms with Crippen LogP contribution in [0.1, 0.15) is 12.5 Å². The lowest BCUT2D eigenvalue weighted by Gasteiger charge is -2.00. The number of amides is 1. The van der Waals surface area contributed by atoms with Crippen LogP contribution in [-0.4, -0.2) is 12.5 Å². The summed E-state index contributed by atoms with van der Waals surface area (Å²) < 4.78 is 0. The minimum atomic E-state index is -0.168. The Labute approximate surface area is 111 Å². The Balaban J connectivity index is 2.61. The van der Waals surface area contributed by atoms with Gasteiger partial charge in [-0.1, -0.05) is 41.4 Å². The summed E-state index contributed by atoms with van der Waals surface area (Å²) in [6, 6.07) is 5.18. The molecule has 0 bridgehead atoms. The van der Waals surface area contributed by atoms with Crippen LogP contribution in [0.2, 0.25) is 10.0 Å². The molecule has 0 aliphatic rings. The fourth-order valence-electron chi connectivity index (χ4n) is 1.08. The van der Waals surface area contributed by atoms with E-state index in [9.17, 15) is 4.79 Å². The van der Waals surface area contributed by atoms with Gasteiger partial charge in [0.1, 0.15) is 0 Å². The molecular formula is C13H13Cl2NO. The van der Waals surface area contributed by atoms with Gasteiger partial charge in [-0.05, 0) is 30.7 Å². The fourth-order valence-corrected chi connectivity index (χ4v) is 1.39. The minimum Gasteiger partial charge on any atom is -0.349 e. The van der Waals surface area contributed by atoms with Gasteiger partial charge in [0.05, 0.1) is 10.0 Å². The summed E-state index contributed by atoms with van der Waals surface area (Å²) in [6.45, 7) is 6.02. The number of hydrogen-bond acceptors (Lipinski definition) is 1. The lowest BCUT2D eigenvalue weighted by molar-refractivity contribution is -0.116. The van der Waals surface area contributed by atoms with Crippen LogP contribution in [0.4, 0.5) is 0 Å². The quantitative estimate of drug-likeness (QED) is 0.656.